The van der Waals surface area contributed by atoms with Crippen LogP contribution in [-0.2, 0) is 0 Å². The molecule has 0 aliphatic rings. The number of urea groups is 1. The molecule has 0 aromatic heterocycles. The van der Waals surface area contributed by atoms with Crippen LogP contribution < -0.4 is 10.6 Å². The van der Waals surface area contributed by atoms with Crippen LogP contribution in [0.4, 0.5) is 10.5 Å². The number of hydrogen-bond donors (Lipinski definition) is 2. The fourth-order valence-corrected chi connectivity index (χ4v) is 3.73. The number of carbonyl (C=O) groups excluding carboxylic acids is 1. The maximum Gasteiger partial charge on any atom is 0.319 e. The molecule has 0 heterocycles. The molecule has 3 heteroatoms. The van der Waals surface area contributed by atoms with Gasteiger partial charge in [0.05, 0.1) is 5.69 Å². The van der Waals surface area contributed by atoms with Gasteiger partial charge in [-0.3, -0.25) is 0 Å². The summed E-state index contributed by atoms with van der Waals surface area (Å²) >= 11 is 0. The van der Waals surface area contributed by atoms with Crippen LogP contribution in [0.3, 0.4) is 0 Å². The molecule has 0 aliphatic heterocycles. The second-order valence-corrected chi connectivity index (χ2v) is 7.07. The fourth-order valence-electron chi connectivity index (χ4n) is 3.73. The van der Waals surface area contributed by atoms with Gasteiger partial charge in [0.25, 0.3) is 0 Å². The molecular weight excluding hydrogens is 356 g/mol. The predicted molar refractivity (Wildman–Crippen MR) is 120 cm³/mol. The highest BCUT2D eigenvalue weighted by molar-refractivity contribution is 6.01. The van der Waals surface area contributed by atoms with Crippen molar-refractivity contribution < 1.29 is 4.79 Å². The second-order valence-electron chi connectivity index (χ2n) is 7.07. The van der Waals surface area contributed by atoms with E-state index in [1.807, 2.05) is 54.6 Å². The van der Waals surface area contributed by atoms with Gasteiger partial charge in [0, 0.05) is 17.8 Å². The number of rotatable bonds is 6. The molecule has 0 spiro atoms. The van der Waals surface area contributed by atoms with E-state index in [1.54, 1.807) is 0 Å². The Hall–Kier alpha value is -3.59. The molecule has 0 unspecified atom stereocenters. The van der Waals surface area contributed by atoms with E-state index < -0.39 is 0 Å². The fraction of sp³-hybridized carbons (Fsp3) is 0.115. The lowest BCUT2D eigenvalue weighted by Gasteiger charge is -2.18. The molecule has 3 nitrogen and oxygen atoms in total. The molecule has 2 amide bonds. The molecule has 0 radical (unpaired) electrons. The van der Waals surface area contributed by atoms with E-state index >= 15 is 0 Å². The molecule has 0 bridgehead atoms. The van der Waals surface area contributed by atoms with Gasteiger partial charge in [-0.05, 0) is 29.0 Å². The molecule has 29 heavy (non-hydrogen) atoms. The highest BCUT2D eigenvalue weighted by Crippen LogP contribution is 2.27. The zero-order valence-electron chi connectivity index (χ0n) is 16.2. The van der Waals surface area contributed by atoms with Crippen LogP contribution in [0.5, 0.6) is 0 Å². The van der Waals surface area contributed by atoms with E-state index in [1.165, 1.54) is 11.1 Å². The molecule has 144 valence electrons. The number of anilines is 1. The first-order chi connectivity index (χ1) is 14.3. The predicted octanol–water partition coefficient (Wildman–Crippen LogP) is 6.18. The minimum atomic E-state index is -0.179. The van der Waals surface area contributed by atoms with Gasteiger partial charge < -0.3 is 10.6 Å². The second kappa shape index (κ2) is 9.07. The van der Waals surface area contributed by atoms with Gasteiger partial charge in [-0.25, -0.2) is 4.79 Å². The number of nitrogens with one attached hydrogen (secondary N) is 2. The maximum absolute atomic E-state index is 12.5. The lowest BCUT2D eigenvalue weighted by Crippen LogP contribution is -2.30. The minimum absolute atomic E-state index is 0.179. The van der Waals surface area contributed by atoms with Crippen molar-refractivity contribution in [2.24, 2.45) is 0 Å². The SMILES string of the molecule is O=C(NCCC(c1ccccc1)c1ccccc1)Nc1cccc2ccccc12. The number of amides is 2. The summed E-state index contributed by atoms with van der Waals surface area (Å²) in [7, 11) is 0. The van der Waals surface area contributed by atoms with Gasteiger partial charge in [-0.15, -0.1) is 0 Å². The quantitative estimate of drug-likeness (QED) is 0.412. The zero-order valence-corrected chi connectivity index (χ0v) is 16.2. The standard InChI is InChI=1S/C26H24N2O/c29-26(28-25-17-9-15-22-14-7-8-16-24(22)25)27-19-18-23(20-10-3-1-4-11-20)21-12-5-2-6-13-21/h1-17,23H,18-19H2,(H2,27,28,29). The summed E-state index contributed by atoms with van der Waals surface area (Å²) in [6.45, 7) is 0.588. The number of hydrogen-bond acceptors (Lipinski definition) is 1. The summed E-state index contributed by atoms with van der Waals surface area (Å²) in [4.78, 5) is 12.5. The van der Waals surface area contributed by atoms with Crippen molar-refractivity contribution >= 4 is 22.5 Å². The van der Waals surface area contributed by atoms with Gasteiger partial charge in [-0.2, -0.15) is 0 Å². The molecule has 0 saturated heterocycles. The molecule has 0 aliphatic carbocycles. The summed E-state index contributed by atoms with van der Waals surface area (Å²) in [5.41, 5.74) is 3.34. The summed E-state index contributed by atoms with van der Waals surface area (Å²) in [5.74, 6) is 0.246. The van der Waals surface area contributed by atoms with Crippen LogP contribution in [0.1, 0.15) is 23.5 Å². The number of carbonyl (C=O) groups is 1. The summed E-state index contributed by atoms with van der Waals surface area (Å²) in [5, 5.41) is 8.15. The first-order valence-electron chi connectivity index (χ1n) is 9.94. The Morgan fingerprint density at radius 2 is 1.28 bits per heavy atom. The lowest BCUT2D eigenvalue weighted by molar-refractivity contribution is 0.252. The number of fused-ring (bicyclic) bond motifs is 1. The third-order valence-corrected chi connectivity index (χ3v) is 5.16. The molecule has 0 fully saturated rings. The van der Waals surface area contributed by atoms with Crippen molar-refractivity contribution in [1.82, 2.24) is 5.32 Å². The molecule has 4 aromatic carbocycles. The summed E-state index contributed by atoms with van der Waals surface area (Å²) in [6, 6.07) is 34.7. The maximum atomic E-state index is 12.5. The zero-order chi connectivity index (χ0) is 19.9. The van der Waals surface area contributed by atoms with E-state index in [4.69, 9.17) is 0 Å². The van der Waals surface area contributed by atoms with E-state index in [9.17, 15) is 4.79 Å². The van der Waals surface area contributed by atoms with Gasteiger partial charge in [0.15, 0.2) is 0 Å². The molecule has 4 aromatic rings. The third kappa shape index (κ3) is 4.64. The number of benzene rings is 4. The Morgan fingerprint density at radius 3 is 1.97 bits per heavy atom. The van der Waals surface area contributed by atoms with Crippen LogP contribution >= 0.6 is 0 Å². The van der Waals surface area contributed by atoms with Crippen LogP contribution in [0.25, 0.3) is 10.8 Å². The normalized spacial score (nSPS) is 10.8. The highest BCUT2D eigenvalue weighted by atomic mass is 16.2. The molecule has 2 N–H and O–H groups in total. The van der Waals surface area contributed by atoms with Crippen molar-refractivity contribution in [1.29, 1.82) is 0 Å². The summed E-state index contributed by atoms with van der Waals surface area (Å²) < 4.78 is 0. The topological polar surface area (TPSA) is 41.1 Å². The monoisotopic (exact) mass is 380 g/mol. The Labute approximate surface area is 171 Å². The van der Waals surface area contributed by atoms with E-state index in [2.05, 4.69) is 59.2 Å². The largest absolute Gasteiger partial charge is 0.338 e. The van der Waals surface area contributed by atoms with Crippen molar-refractivity contribution in [3.05, 3.63) is 114 Å². The average molecular weight is 380 g/mol. The van der Waals surface area contributed by atoms with Gasteiger partial charge in [0.1, 0.15) is 0 Å². The molecule has 0 atom stereocenters. The Balaban J connectivity index is 1.41. The van der Waals surface area contributed by atoms with E-state index in [0.717, 1.165) is 22.9 Å². The first-order valence-corrected chi connectivity index (χ1v) is 9.94. The van der Waals surface area contributed by atoms with Gasteiger partial charge in [0.2, 0.25) is 0 Å². The molecule has 4 rings (SSSR count). The van der Waals surface area contributed by atoms with Crippen LogP contribution in [0, 0.1) is 0 Å². The Kier molecular flexibility index (Phi) is 5.87. The average Bonchev–Trinajstić information content (AvgIpc) is 2.78. The van der Waals surface area contributed by atoms with Crippen molar-refractivity contribution in [3.8, 4) is 0 Å². The van der Waals surface area contributed by atoms with Crippen LogP contribution in [0.15, 0.2) is 103 Å². The van der Waals surface area contributed by atoms with Crippen molar-refractivity contribution in [3.63, 3.8) is 0 Å². The molecular formula is C26H24N2O. The highest BCUT2D eigenvalue weighted by Gasteiger charge is 2.14. The first kappa shape index (κ1) is 18.8. The van der Waals surface area contributed by atoms with E-state index in [0.29, 0.717) is 6.54 Å². The smallest absolute Gasteiger partial charge is 0.319 e. The Bertz CT molecular complexity index is 1030. The van der Waals surface area contributed by atoms with Crippen molar-refractivity contribution in [2.45, 2.75) is 12.3 Å². The van der Waals surface area contributed by atoms with Crippen LogP contribution in [-0.4, -0.2) is 12.6 Å². The van der Waals surface area contributed by atoms with Crippen LogP contribution in [0.2, 0.25) is 0 Å². The lowest BCUT2D eigenvalue weighted by atomic mass is 9.88. The minimum Gasteiger partial charge on any atom is -0.338 e. The summed E-state index contributed by atoms with van der Waals surface area (Å²) in [6.07, 6.45) is 0.830. The third-order valence-electron chi connectivity index (χ3n) is 5.16. The Morgan fingerprint density at radius 1 is 0.690 bits per heavy atom. The van der Waals surface area contributed by atoms with Gasteiger partial charge >= 0.3 is 6.03 Å². The molecule has 0 saturated carbocycles. The van der Waals surface area contributed by atoms with Crippen molar-refractivity contribution in [2.75, 3.05) is 11.9 Å². The van der Waals surface area contributed by atoms with Gasteiger partial charge in [-0.1, -0.05) is 97.1 Å². The van der Waals surface area contributed by atoms with E-state index in [-0.39, 0.29) is 11.9 Å².